The van der Waals surface area contributed by atoms with Gasteiger partial charge in [0.25, 0.3) is 0 Å². The lowest BCUT2D eigenvalue weighted by molar-refractivity contribution is -0.114. The second kappa shape index (κ2) is 3.69. The smallest absolute Gasteiger partial charge is 0.171 e. The molecule has 52 valence electrons. The molecule has 0 amide bonds. The Morgan fingerprint density at radius 3 is 2.33 bits per heavy atom. The predicted octanol–water partition coefficient (Wildman–Crippen LogP) is 0.716. The van der Waals surface area contributed by atoms with E-state index in [1.165, 1.54) is 0 Å². The van der Waals surface area contributed by atoms with Gasteiger partial charge < -0.3 is 5.11 Å². The Hall–Kier alpha value is -0.280. The molecule has 0 spiro atoms. The SMILES string of the molecule is CC(=S)C(=O)CC(C)O. The maximum atomic E-state index is 10.7. The van der Waals surface area contributed by atoms with Gasteiger partial charge in [-0.25, -0.2) is 0 Å². The maximum absolute atomic E-state index is 10.7. The molecule has 0 aliphatic rings. The van der Waals surface area contributed by atoms with Crippen LogP contribution in [0.3, 0.4) is 0 Å². The van der Waals surface area contributed by atoms with Gasteiger partial charge in [-0.1, -0.05) is 12.2 Å². The van der Waals surface area contributed by atoms with Crippen LogP contribution in [0.2, 0.25) is 0 Å². The number of carbonyl (C=O) groups is 1. The Morgan fingerprint density at radius 1 is 1.78 bits per heavy atom. The van der Waals surface area contributed by atoms with E-state index in [-0.39, 0.29) is 12.2 Å². The molecule has 0 saturated carbocycles. The van der Waals surface area contributed by atoms with Crippen molar-refractivity contribution in [3.05, 3.63) is 0 Å². The Kier molecular flexibility index (Phi) is 3.58. The van der Waals surface area contributed by atoms with E-state index < -0.39 is 6.10 Å². The van der Waals surface area contributed by atoms with Gasteiger partial charge in [-0.2, -0.15) is 0 Å². The summed E-state index contributed by atoms with van der Waals surface area (Å²) in [6.07, 6.45) is -0.426. The number of hydrogen-bond donors (Lipinski definition) is 1. The highest BCUT2D eigenvalue weighted by Crippen LogP contribution is 1.92. The average Bonchev–Trinajstić information content (AvgIpc) is 1.63. The maximum Gasteiger partial charge on any atom is 0.171 e. The van der Waals surface area contributed by atoms with Crippen LogP contribution in [0.25, 0.3) is 0 Å². The molecule has 0 heterocycles. The van der Waals surface area contributed by atoms with Crippen LogP contribution in [0, 0.1) is 0 Å². The summed E-state index contributed by atoms with van der Waals surface area (Å²) in [6.45, 7) is 3.14. The number of hydrogen-bond acceptors (Lipinski definition) is 3. The van der Waals surface area contributed by atoms with Crippen molar-refractivity contribution in [2.75, 3.05) is 0 Å². The highest BCUT2D eigenvalue weighted by molar-refractivity contribution is 7.82. The zero-order valence-electron chi connectivity index (χ0n) is 5.55. The van der Waals surface area contributed by atoms with Gasteiger partial charge in [0.2, 0.25) is 0 Å². The van der Waals surface area contributed by atoms with Crippen molar-refractivity contribution in [1.82, 2.24) is 0 Å². The first-order valence-corrected chi connectivity index (χ1v) is 3.16. The van der Waals surface area contributed by atoms with Crippen molar-refractivity contribution in [3.63, 3.8) is 0 Å². The zero-order chi connectivity index (χ0) is 7.44. The molecule has 0 aliphatic carbocycles. The Balaban J connectivity index is 3.65. The van der Waals surface area contributed by atoms with Gasteiger partial charge in [0.1, 0.15) is 0 Å². The molecule has 1 N–H and O–H groups in total. The number of rotatable bonds is 3. The summed E-state index contributed by atoms with van der Waals surface area (Å²) in [6, 6.07) is 0. The van der Waals surface area contributed by atoms with Crippen molar-refractivity contribution in [1.29, 1.82) is 0 Å². The van der Waals surface area contributed by atoms with Crippen LogP contribution >= 0.6 is 12.2 Å². The Bertz CT molecular complexity index is 129. The number of Topliss-reactive ketones (excluding diaryl/α,β-unsaturated/α-hetero) is 1. The second-order valence-electron chi connectivity index (χ2n) is 2.03. The molecule has 1 atom stereocenters. The first-order chi connectivity index (χ1) is 4.04. The molecule has 3 heteroatoms. The van der Waals surface area contributed by atoms with Crippen molar-refractivity contribution < 1.29 is 9.90 Å². The number of ketones is 1. The lowest BCUT2D eigenvalue weighted by atomic mass is 10.2. The van der Waals surface area contributed by atoms with E-state index in [0.29, 0.717) is 4.86 Å². The molecule has 9 heavy (non-hydrogen) atoms. The summed E-state index contributed by atoms with van der Waals surface area (Å²) in [4.78, 5) is 11.0. The fraction of sp³-hybridized carbons (Fsp3) is 0.667. The molecular weight excluding hydrogens is 136 g/mol. The number of carbonyl (C=O) groups excluding carboxylic acids is 1. The second-order valence-corrected chi connectivity index (χ2v) is 2.64. The summed E-state index contributed by atoms with van der Waals surface area (Å²) in [5.74, 6) is -0.139. The Morgan fingerprint density at radius 2 is 2.22 bits per heavy atom. The van der Waals surface area contributed by atoms with E-state index in [2.05, 4.69) is 12.2 Å². The third-order valence-electron chi connectivity index (χ3n) is 0.873. The van der Waals surface area contributed by atoms with E-state index in [9.17, 15) is 4.79 Å². The minimum Gasteiger partial charge on any atom is -0.393 e. The quantitative estimate of drug-likeness (QED) is 0.596. The van der Waals surface area contributed by atoms with Crippen molar-refractivity contribution in [2.24, 2.45) is 0 Å². The summed E-state index contributed by atoms with van der Waals surface area (Å²) >= 11 is 4.58. The van der Waals surface area contributed by atoms with Gasteiger partial charge in [-0.05, 0) is 13.8 Å². The largest absolute Gasteiger partial charge is 0.393 e. The summed E-state index contributed by atoms with van der Waals surface area (Å²) in [5.41, 5.74) is 0. The normalized spacial score (nSPS) is 12.8. The lowest BCUT2D eigenvalue weighted by Crippen LogP contribution is -2.14. The zero-order valence-corrected chi connectivity index (χ0v) is 6.36. The first kappa shape index (κ1) is 8.72. The van der Waals surface area contributed by atoms with Crippen LogP contribution < -0.4 is 0 Å². The average molecular weight is 146 g/mol. The van der Waals surface area contributed by atoms with Crippen LogP contribution in [-0.2, 0) is 4.79 Å². The molecule has 0 bridgehead atoms. The van der Waals surface area contributed by atoms with Gasteiger partial charge in [-0.3, -0.25) is 4.79 Å². The topological polar surface area (TPSA) is 37.3 Å². The summed E-state index contributed by atoms with van der Waals surface area (Å²) in [7, 11) is 0. The highest BCUT2D eigenvalue weighted by atomic mass is 32.1. The fourth-order valence-electron chi connectivity index (χ4n) is 0.412. The summed E-state index contributed by atoms with van der Waals surface area (Å²) in [5, 5.41) is 8.69. The van der Waals surface area contributed by atoms with Crippen LogP contribution in [0.1, 0.15) is 20.3 Å². The van der Waals surface area contributed by atoms with Crippen LogP contribution in [0.4, 0.5) is 0 Å². The highest BCUT2D eigenvalue weighted by Gasteiger charge is 2.06. The van der Waals surface area contributed by atoms with E-state index in [0.717, 1.165) is 0 Å². The van der Waals surface area contributed by atoms with Gasteiger partial charge in [-0.15, -0.1) is 0 Å². The van der Waals surface area contributed by atoms with Crippen LogP contribution in [0.5, 0.6) is 0 Å². The number of thiocarbonyl (C=S) groups is 1. The van der Waals surface area contributed by atoms with Crippen LogP contribution in [-0.4, -0.2) is 21.9 Å². The minimum atomic E-state index is -0.574. The van der Waals surface area contributed by atoms with Gasteiger partial charge in [0.15, 0.2) is 5.78 Å². The first-order valence-electron chi connectivity index (χ1n) is 2.76. The van der Waals surface area contributed by atoms with Crippen molar-refractivity contribution in [2.45, 2.75) is 26.4 Å². The van der Waals surface area contributed by atoms with Gasteiger partial charge in [0.05, 0.1) is 11.0 Å². The molecule has 0 rings (SSSR count). The Labute approximate surface area is 59.9 Å². The molecule has 0 saturated heterocycles. The van der Waals surface area contributed by atoms with E-state index in [1.54, 1.807) is 13.8 Å². The number of aliphatic hydroxyl groups is 1. The van der Waals surface area contributed by atoms with Gasteiger partial charge >= 0.3 is 0 Å². The van der Waals surface area contributed by atoms with E-state index in [4.69, 9.17) is 5.11 Å². The molecule has 0 aromatic heterocycles. The molecule has 0 aromatic rings. The molecule has 0 aliphatic heterocycles. The predicted molar refractivity (Wildman–Crippen MR) is 39.6 cm³/mol. The molecule has 0 radical (unpaired) electrons. The molecular formula is C6H10O2S. The van der Waals surface area contributed by atoms with Crippen LogP contribution in [0.15, 0.2) is 0 Å². The van der Waals surface area contributed by atoms with E-state index >= 15 is 0 Å². The standard InChI is InChI=1S/C6H10O2S/c1-4(7)3-6(8)5(2)9/h4,7H,3H2,1-2H3. The fourth-order valence-corrected chi connectivity index (χ4v) is 0.495. The van der Waals surface area contributed by atoms with Crippen molar-refractivity contribution in [3.8, 4) is 0 Å². The molecule has 2 nitrogen and oxygen atoms in total. The van der Waals surface area contributed by atoms with Crippen molar-refractivity contribution >= 4 is 22.9 Å². The lowest BCUT2D eigenvalue weighted by Gasteiger charge is -1.99. The third-order valence-corrected chi connectivity index (χ3v) is 1.10. The minimum absolute atomic E-state index is 0.139. The molecule has 0 aromatic carbocycles. The van der Waals surface area contributed by atoms with Gasteiger partial charge in [0, 0.05) is 6.42 Å². The third kappa shape index (κ3) is 4.24. The van der Waals surface area contributed by atoms with E-state index in [1.807, 2.05) is 0 Å². The number of aliphatic hydroxyl groups excluding tert-OH is 1. The monoisotopic (exact) mass is 146 g/mol. The molecule has 1 unspecified atom stereocenters. The summed E-state index contributed by atoms with van der Waals surface area (Å²) < 4.78 is 0. The molecule has 0 fully saturated rings.